The number of benzene rings is 1. The Labute approximate surface area is 136 Å². The Morgan fingerprint density at radius 2 is 1.86 bits per heavy atom. The first-order chi connectivity index (χ1) is 9.91. The van der Waals surface area contributed by atoms with E-state index in [1.54, 1.807) is 19.9 Å². The van der Waals surface area contributed by atoms with Crippen molar-refractivity contribution in [1.82, 2.24) is 9.62 Å². The summed E-state index contributed by atoms with van der Waals surface area (Å²) < 4.78 is 26.6. The number of rotatable bonds is 7. The van der Waals surface area contributed by atoms with Crippen molar-refractivity contribution in [2.24, 2.45) is 0 Å². The van der Waals surface area contributed by atoms with Crippen molar-refractivity contribution in [2.45, 2.75) is 44.2 Å². The maximum Gasteiger partial charge on any atom is 0.244 e. The predicted octanol–water partition coefficient (Wildman–Crippen LogP) is 3.28. The van der Waals surface area contributed by atoms with Crippen LogP contribution < -0.4 is 5.32 Å². The fourth-order valence-electron chi connectivity index (χ4n) is 2.17. The van der Waals surface area contributed by atoms with Crippen LogP contribution in [-0.2, 0) is 16.6 Å². The molecule has 118 valence electrons. The first-order valence-electron chi connectivity index (χ1n) is 7.12. The van der Waals surface area contributed by atoms with Gasteiger partial charge < -0.3 is 5.32 Å². The van der Waals surface area contributed by atoms with E-state index < -0.39 is 10.0 Å². The number of halogens is 2. The summed E-state index contributed by atoms with van der Waals surface area (Å²) in [4.78, 5) is 0.130. The molecule has 7 heteroatoms. The zero-order valence-electron chi connectivity index (χ0n) is 12.2. The molecule has 0 saturated heterocycles. The average Bonchev–Trinajstić information content (AvgIpc) is 3.23. The Balaban J connectivity index is 2.37. The molecular weight excluding hydrogens is 331 g/mol. The molecule has 0 heterocycles. The summed E-state index contributed by atoms with van der Waals surface area (Å²) in [6.07, 6.45) is 2.29. The van der Waals surface area contributed by atoms with Crippen LogP contribution in [0.4, 0.5) is 0 Å². The highest BCUT2D eigenvalue weighted by molar-refractivity contribution is 7.89. The molecule has 0 atom stereocenters. The molecule has 2 rings (SSSR count). The molecule has 0 spiro atoms. The van der Waals surface area contributed by atoms with E-state index >= 15 is 0 Å². The van der Waals surface area contributed by atoms with E-state index in [1.165, 1.54) is 10.4 Å². The van der Waals surface area contributed by atoms with E-state index in [9.17, 15) is 8.42 Å². The second-order valence-corrected chi connectivity index (χ2v) is 7.77. The number of hydrogen-bond donors (Lipinski definition) is 1. The van der Waals surface area contributed by atoms with E-state index in [-0.39, 0.29) is 9.92 Å². The molecule has 0 unspecified atom stereocenters. The van der Waals surface area contributed by atoms with Gasteiger partial charge in [-0.05, 0) is 25.0 Å². The highest BCUT2D eigenvalue weighted by Gasteiger charge is 2.27. The van der Waals surface area contributed by atoms with Gasteiger partial charge in [0.25, 0.3) is 0 Å². The summed E-state index contributed by atoms with van der Waals surface area (Å²) in [6, 6.07) is 3.59. The van der Waals surface area contributed by atoms with Gasteiger partial charge in [0.15, 0.2) is 0 Å². The zero-order valence-corrected chi connectivity index (χ0v) is 14.5. The second-order valence-electron chi connectivity index (χ2n) is 5.08. The minimum Gasteiger partial charge on any atom is -0.310 e. The molecule has 21 heavy (non-hydrogen) atoms. The summed E-state index contributed by atoms with van der Waals surface area (Å²) in [5, 5.41) is 4.03. The number of nitrogens with one attached hydrogen (secondary N) is 1. The van der Waals surface area contributed by atoms with Gasteiger partial charge >= 0.3 is 0 Å². The fourth-order valence-corrected chi connectivity index (χ4v) is 4.52. The summed E-state index contributed by atoms with van der Waals surface area (Å²) in [6.45, 7) is 4.92. The largest absolute Gasteiger partial charge is 0.310 e. The molecule has 1 saturated carbocycles. The Hall–Kier alpha value is -0.330. The normalized spacial score (nSPS) is 15.7. The first kappa shape index (κ1) is 17.0. The van der Waals surface area contributed by atoms with Crippen molar-refractivity contribution >= 4 is 33.2 Å². The quantitative estimate of drug-likeness (QED) is 0.820. The average molecular weight is 351 g/mol. The van der Waals surface area contributed by atoms with Crippen molar-refractivity contribution in [3.8, 4) is 0 Å². The molecular formula is C14H20Cl2N2O2S. The molecule has 0 bridgehead atoms. The van der Waals surface area contributed by atoms with Crippen LogP contribution in [0, 0.1) is 0 Å². The lowest BCUT2D eigenvalue weighted by Gasteiger charge is -2.20. The van der Waals surface area contributed by atoms with Crippen LogP contribution in [-0.4, -0.2) is 31.9 Å². The minimum atomic E-state index is -3.58. The van der Waals surface area contributed by atoms with Gasteiger partial charge in [-0.15, -0.1) is 0 Å². The zero-order chi connectivity index (χ0) is 15.6. The van der Waals surface area contributed by atoms with Crippen molar-refractivity contribution in [2.75, 3.05) is 13.1 Å². The third-order valence-corrected chi connectivity index (χ3v) is 6.61. The van der Waals surface area contributed by atoms with Crippen molar-refractivity contribution in [1.29, 1.82) is 0 Å². The smallest absolute Gasteiger partial charge is 0.244 e. The summed E-state index contributed by atoms with van der Waals surface area (Å²) in [5.74, 6) is 0. The van der Waals surface area contributed by atoms with Gasteiger partial charge in [0.2, 0.25) is 10.0 Å². The lowest BCUT2D eigenvalue weighted by molar-refractivity contribution is 0.445. The summed E-state index contributed by atoms with van der Waals surface area (Å²) in [5.41, 5.74) is 0.651. The molecule has 0 radical (unpaired) electrons. The number of nitrogens with zero attached hydrogens (tertiary/aromatic N) is 1. The number of hydrogen-bond acceptors (Lipinski definition) is 3. The van der Waals surface area contributed by atoms with Gasteiger partial charge in [0.1, 0.15) is 4.90 Å². The predicted molar refractivity (Wildman–Crippen MR) is 86.4 cm³/mol. The molecule has 1 aromatic carbocycles. The molecule has 4 nitrogen and oxygen atoms in total. The SMILES string of the molecule is CCN(CC)S(=O)(=O)c1ccc(Cl)c(CNC2CC2)c1Cl. The van der Waals surface area contributed by atoms with Crippen LogP contribution in [0.2, 0.25) is 10.0 Å². The standard InChI is InChI=1S/C14H20Cl2N2O2S/c1-3-18(4-2)21(19,20)13-8-7-12(15)11(14(13)16)9-17-10-5-6-10/h7-8,10,17H,3-6,9H2,1-2H3. The number of sulfonamides is 1. The van der Waals surface area contributed by atoms with Crippen molar-refractivity contribution in [3.63, 3.8) is 0 Å². The van der Waals surface area contributed by atoms with Gasteiger partial charge in [-0.1, -0.05) is 37.0 Å². The Kier molecular flexibility index (Phi) is 5.54. The van der Waals surface area contributed by atoms with Crippen LogP contribution >= 0.6 is 23.2 Å². The Morgan fingerprint density at radius 3 is 2.38 bits per heavy atom. The molecule has 1 fully saturated rings. The summed E-state index contributed by atoms with van der Waals surface area (Å²) in [7, 11) is -3.58. The van der Waals surface area contributed by atoms with Crippen LogP contribution in [0.25, 0.3) is 0 Å². The molecule has 0 amide bonds. The highest BCUT2D eigenvalue weighted by atomic mass is 35.5. The van der Waals surface area contributed by atoms with Crippen molar-refractivity contribution < 1.29 is 8.42 Å². The molecule has 0 aromatic heterocycles. The fraction of sp³-hybridized carbons (Fsp3) is 0.571. The Morgan fingerprint density at radius 1 is 1.24 bits per heavy atom. The second kappa shape index (κ2) is 6.84. The lowest BCUT2D eigenvalue weighted by Crippen LogP contribution is -2.31. The van der Waals surface area contributed by atoms with Crippen LogP contribution in [0.1, 0.15) is 32.3 Å². The summed E-state index contributed by atoms with van der Waals surface area (Å²) >= 11 is 12.5. The monoisotopic (exact) mass is 350 g/mol. The van der Waals surface area contributed by atoms with E-state index in [2.05, 4.69) is 5.32 Å². The Bertz CT molecular complexity index is 612. The van der Waals surface area contributed by atoms with Gasteiger partial charge in [-0.2, -0.15) is 4.31 Å². The van der Waals surface area contributed by atoms with Gasteiger partial charge in [0.05, 0.1) is 5.02 Å². The van der Waals surface area contributed by atoms with E-state index in [4.69, 9.17) is 23.2 Å². The first-order valence-corrected chi connectivity index (χ1v) is 9.31. The topological polar surface area (TPSA) is 49.4 Å². The van der Waals surface area contributed by atoms with Gasteiger partial charge in [-0.3, -0.25) is 0 Å². The molecule has 0 aliphatic heterocycles. The van der Waals surface area contributed by atoms with Crippen LogP contribution in [0.5, 0.6) is 0 Å². The molecule has 1 aliphatic rings. The molecule has 1 N–H and O–H groups in total. The third kappa shape index (κ3) is 3.71. The third-order valence-electron chi connectivity index (χ3n) is 3.62. The maximum atomic E-state index is 12.6. The van der Waals surface area contributed by atoms with E-state index in [0.717, 1.165) is 12.8 Å². The lowest BCUT2D eigenvalue weighted by atomic mass is 10.2. The maximum absolute atomic E-state index is 12.6. The van der Waals surface area contributed by atoms with E-state index in [0.29, 0.717) is 36.3 Å². The minimum absolute atomic E-state index is 0.130. The van der Waals surface area contributed by atoms with Crippen LogP contribution in [0.15, 0.2) is 17.0 Å². The van der Waals surface area contributed by atoms with Gasteiger partial charge in [0, 0.05) is 36.3 Å². The van der Waals surface area contributed by atoms with Gasteiger partial charge in [-0.25, -0.2) is 8.42 Å². The van der Waals surface area contributed by atoms with E-state index in [1.807, 2.05) is 0 Å². The van der Waals surface area contributed by atoms with Crippen LogP contribution in [0.3, 0.4) is 0 Å². The molecule has 1 aliphatic carbocycles. The van der Waals surface area contributed by atoms with Crippen molar-refractivity contribution in [3.05, 3.63) is 27.7 Å². The molecule has 1 aromatic rings. The highest BCUT2D eigenvalue weighted by Crippen LogP contribution is 2.33.